The van der Waals surface area contributed by atoms with Gasteiger partial charge in [0.15, 0.2) is 0 Å². The maximum absolute atomic E-state index is 12.2. The molecule has 1 saturated heterocycles. The van der Waals surface area contributed by atoms with E-state index in [-0.39, 0.29) is 12.3 Å². The van der Waals surface area contributed by atoms with Crippen LogP contribution in [0.4, 0.5) is 16.4 Å². The average molecular weight is 319 g/mol. The lowest BCUT2D eigenvalue weighted by Crippen LogP contribution is -2.31. The third-order valence-electron chi connectivity index (χ3n) is 4.16. The Morgan fingerprint density at radius 3 is 2.65 bits per heavy atom. The number of nitrogen functional groups attached to an aromatic ring is 1. The predicted molar refractivity (Wildman–Crippen MR) is 84.0 cm³/mol. The molecule has 0 radical (unpaired) electrons. The number of hydrogen-bond acceptors (Lipinski definition) is 6. The molecule has 0 aliphatic carbocycles. The molecule has 2 N–H and O–H groups in total. The highest BCUT2D eigenvalue weighted by Crippen LogP contribution is 2.30. The summed E-state index contributed by atoms with van der Waals surface area (Å²) in [4.78, 5) is 36.1. The monoisotopic (exact) mass is 319 g/mol. The van der Waals surface area contributed by atoms with Gasteiger partial charge in [-0.05, 0) is 26.2 Å². The molecule has 23 heavy (non-hydrogen) atoms. The van der Waals surface area contributed by atoms with Gasteiger partial charge in [-0.3, -0.25) is 9.69 Å². The van der Waals surface area contributed by atoms with Crippen molar-refractivity contribution < 1.29 is 14.3 Å². The number of nitrogens with two attached hydrogens (primary N) is 1. The van der Waals surface area contributed by atoms with Gasteiger partial charge in [0.2, 0.25) is 5.91 Å². The molecule has 1 fully saturated rings. The zero-order valence-corrected chi connectivity index (χ0v) is 13.2. The first-order valence-corrected chi connectivity index (χ1v) is 7.97. The highest BCUT2D eigenvalue weighted by molar-refractivity contribution is 5.90. The second kappa shape index (κ2) is 6.39. The molecule has 2 aliphatic rings. The van der Waals surface area contributed by atoms with Crippen LogP contribution in [0.3, 0.4) is 0 Å². The number of carbonyl (C=O) groups excluding carboxylic acids is 2. The van der Waals surface area contributed by atoms with Crippen LogP contribution in [0.2, 0.25) is 0 Å². The molecule has 124 valence electrons. The van der Waals surface area contributed by atoms with Crippen molar-refractivity contribution in [3.05, 3.63) is 11.4 Å². The fourth-order valence-electron chi connectivity index (χ4n) is 3.00. The summed E-state index contributed by atoms with van der Waals surface area (Å²) < 4.78 is 5.04. The maximum Gasteiger partial charge on any atom is 0.415 e. The highest BCUT2D eigenvalue weighted by Gasteiger charge is 2.30. The predicted octanol–water partition coefficient (Wildman–Crippen LogP) is 0.743. The minimum Gasteiger partial charge on any atom is -0.449 e. The van der Waals surface area contributed by atoms with E-state index in [1.807, 2.05) is 4.90 Å². The molecule has 2 amide bonds. The summed E-state index contributed by atoms with van der Waals surface area (Å²) in [5.74, 6) is 1.17. The second-order valence-corrected chi connectivity index (χ2v) is 5.69. The van der Waals surface area contributed by atoms with E-state index in [1.54, 1.807) is 6.92 Å². The van der Waals surface area contributed by atoms with E-state index in [9.17, 15) is 9.59 Å². The fourth-order valence-corrected chi connectivity index (χ4v) is 3.00. The Kier molecular flexibility index (Phi) is 4.31. The minimum absolute atomic E-state index is 0.00234. The number of carbonyl (C=O) groups is 2. The maximum atomic E-state index is 12.2. The van der Waals surface area contributed by atoms with Gasteiger partial charge < -0.3 is 15.4 Å². The summed E-state index contributed by atoms with van der Waals surface area (Å²) in [7, 11) is 0. The lowest BCUT2D eigenvalue weighted by molar-refractivity contribution is -0.129. The molecule has 8 heteroatoms. The number of likely N-dealkylation sites (tertiary alicyclic amines) is 1. The first kappa shape index (κ1) is 15.5. The van der Waals surface area contributed by atoms with Gasteiger partial charge in [-0.25, -0.2) is 14.8 Å². The number of rotatable bonds is 3. The third-order valence-corrected chi connectivity index (χ3v) is 4.16. The van der Waals surface area contributed by atoms with Crippen molar-refractivity contribution in [2.75, 3.05) is 36.9 Å². The van der Waals surface area contributed by atoms with Crippen molar-refractivity contribution in [3.8, 4) is 0 Å². The van der Waals surface area contributed by atoms with E-state index in [1.165, 1.54) is 4.90 Å². The molecule has 0 bridgehead atoms. The van der Waals surface area contributed by atoms with Crippen LogP contribution in [0.5, 0.6) is 0 Å². The minimum atomic E-state index is -0.443. The van der Waals surface area contributed by atoms with E-state index in [2.05, 4.69) is 9.97 Å². The molecule has 2 aliphatic heterocycles. The first-order valence-electron chi connectivity index (χ1n) is 7.97. The zero-order chi connectivity index (χ0) is 16.4. The van der Waals surface area contributed by atoms with Gasteiger partial charge in [0.1, 0.15) is 17.5 Å². The Morgan fingerprint density at radius 1 is 1.22 bits per heavy atom. The van der Waals surface area contributed by atoms with E-state index in [0.717, 1.165) is 31.5 Å². The fraction of sp³-hybridized carbons (Fsp3) is 0.600. The molecule has 0 unspecified atom stereocenters. The van der Waals surface area contributed by atoms with E-state index in [0.29, 0.717) is 37.0 Å². The molecule has 8 nitrogen and oxygen atoms in total. The van der Waals surface area contributed by atoms with Crippen LogP contribution in [-0.4, -0.2) is 53.1 Å². The zero-order valence-electron chi connectivity index (χ0n) is 13.2. The largest absolute Gasteiger partial charge is 0.449 e. The summed E-state index contributed by atoms with van der Waals surface area (Å²) in [5, 5.41) is 0. The quantitative estimate of drug-likeness (QED) is 0.882. The van der Waals surface area contributed by atoms with Crippen LogP contribution in [0.25, 0.3) is 0 Å². The molecule has 3 heterocycles. The van der Waals surface area contributed by atoms with Crippen molar-refractivity contribution in [3.63, 3.8) is 0 Å². The van der Waals surface area contributed by atoms with Gasteiger partial charge in [-0.2, -0.15) is 0 Å². The molecule has 0 aromatic carbocycles. The normalized spacial score (nSPS) is 16.6. The summed E-state index contributed by atoms with van der Waals surface area (Å²) in [6.07, 6.45) is 2.33. The van der Waals surface area contributed by atoms with Crippen LogP contribution >= 0.6 is 0 Å². The average Bonchev–Trinajstić information content (AvgIpc) is 3.17. The molecule has 1 aromatic heterocycles. The van der Waals surface area contributed by atoms with Crippen LogP contribution in [0.1, 0.15) is 31.2 Å². The Labute approximate surface area is 134 Å². The van der Waals surface area contributed by atoms with Gasteiger partial charge >= 0.3 is 6.09 Å². The van der Waals surface area contributed by atoms with E-state index >= 15 is 0 Å². The molecule has 3 rings (SSSR count). The Balaban J connectivity index is 1.81. The van der Waals surface area contributed by atoms with Crippen molar-refractivity contribution in [2.24, 2.45) is 0 Å². The number of amides is 2. The van der Waals surface area contributed by atoms with Crippen LogP contribution in [0.15, 0.2) is 0 Å². The second-order valence-electron chi connectivity index (χ2n) is 5.69. The van der Waals surface area contributed by atoms with Crippen molar-refractivity contribution in [1.82, 2.24) is 14.9 Å². The summed E-state index contributed by atoms with van der Waals surface area (Å²) >= 11 is 0. The Hall–Kier alpha value is -2.38. The highest BCUT2D eigenvalue weighted by atomic mass is 16.6. The molecule has 0 atom stereocenters. The number of ether oxygens (including phenoxy) is 1. The van der Waals surface area contributed by atoms with Crippen LogP contribution < -0.4 is 10.6 Å². The van der Waals surface area contributed by atoms with E-state index < -0.39 is 6.09 Å². The van der Waals surface area contributed by atoms with Crippen LogP contribution in [-0.2, 0) is 22.4 Å². The van der Waals surface area contributed by atoms with Gasteiger partial charge in [0.25, 0.3) is 0 Å². The molecule has 0 saturated carbocycles. The number of anilines is 2. The number of fused-ring (bicyclic) bond motifs is 1. The number of hydrogen-bond donors (Lipinski definition) is 1. The van der Waals surface area contributed by atoms with Gasteiger partial charge in [-0.15, -0.1) is 0 Å². The Morgan fingerprint density at radius 2 is 1.96 bits per heavy atom. The first-order chi connectivity index (χ1) is 11.1. The van der Waals surface area contributed by atoms with Crippen LogP contribution in [0, 0.1) is 0 Å². The summed E-state index contributed by atoms with van der Waals surface area (Å²) in [5.41, 5.74) is 6.73. The molecule has 1 aromatic rings. The SMILES string of the molecule is CCOC(=O)N1CCc2c(N)nc(CC(=O)N3CCCC3)nc21. The van der Waals surface area contributed by atoms with Gasteiger partial charge in [0, 0.05) is 25.2 Å². The van der Waals surface area contributed by atoms with Crippen molar-refractivity contribution in [2.45, 2.75) is 32.6 Å². The van der Waals surface area contributed by atoms with Crippen molar-refractivity contribution >= 4 is 23.6 Å². The molecule has 0 spiro atoms. The molecular weight excluding hydrogens is 298 g/mol. The smallest absolute Gasteiger partial charge is 0.415 e. The van der Waals surface area contributed by atoms with Gasteiger partial charge in [0.05, 0.1) is 13.0 Å². The standard InChI is InChI=1S/C15H21N5O3/c1-2-23-15(22)20-8-5-10-13(16)17-11(18-14(10)20)9-12(21)19-6-3-4-7-19/h2-9H2,1H3,(H2,16,17,18). The number of nitrogens with zero attached hydrogens (tertiary/aromatic N) is 4. The summed E-state index contributed by atoms with van der Waals surface area (Å²) in [6, 6.07) is 0. The lowest BCUT2D eigenvalue weighted by Gasteiger charge is -2.17. The van der Waals surface area contributed by atoms with Gasteiger partial charge in [-0.1, -0.05) is 0 Å². The number of aromatic nitrogens is 2. The topological polar surface area (TPSA) is 102 Å². The molecular formula is C15H21N5O3. The Bertz CT molecular complexity index is 628. The third kappa shape index (κ3) is 3.06. The summed E-state index contributed by atoms with van der Waals surface area (Å²) in [6.45, 7) is 4.09. The van der Waals surface area contributed by atoms with Crippen molar-refractivity contribution in [1.29, 1.82) is 0 Å². The lowest BCUT2D eigenvalue weighted by atomic mass is 10.2. The van der Waals surface area contributed by atoms with E-state index in [4.69, 9.17) is 10.5 Å².